The Bertz CT molecular complexity index is 818. The number of amidine groups is 1. The average molecular weight is 413 g/mol. The molecule has 2 aliphatic carbocycles. The SMILES string of the molecule is CC1=CC=CN2C1=NC(=O)CC2(C)C(=O)N(CC(=O)NC1CCCC1)C1CCCC1. The normalized spacial score (nSPS) is 27.0. The van der Waals surface area contributed by atoms with E-state index >= 15 is 0 Å². The van der Waals surface area contributed by atoms with Crippen LogP contribution in [0, 0.1) is 0 Å². The molecule has 0 spiro atoms. The molecule has 4 aliphatic rings. The minimum Gasteiger partial charge on any atom is -0.352 e. The number of carbonyl (C=O) groups excluding carboxylic acids is 3. The lowest BCUT2D eigenvalue weighted by Crippen LogP contribution is -2.63. The monoisotopic (exact) mass is 412 g/mol. The van der Waals surface area contributed by atoms with Crippen LogP contribution in [-0.2, 0) is 14.4 Å². The summed E-state index contributed by atoms with van der Waals surface area (Å²) in [5, 5.41) is 3.12. The molecule has 4 rings (SSSR count). The van der Waals surface area contributed by atoms with Crippen molar-refractivity contribution in [3.8, 4) is 0 Å². The number of rotatable bonds is 5. The van der Waals surface area contributed by atoms with E-state index in [2.05, 4.69) is 10.3 Å². The zero-order valence-electron chi connectivity index (χ0n) is 18.0. The Hall–Kier alpha value is -2.44. The molecule has 0 aromatic rings. The van der Waals surface area contributed by atoms with Crippen LogP contribution in [0.15, 0.2) is 28.9 Å². The lowest BCUT2D eigenvalue weighted by atomic mass is 9.88. The van der Waals surface area contributed by atoms with Crippen LogP contribution >= 0.6 is 0 Å². The number of amides is 3. The first-order valence-electron chi connectivity index (χ1n) is 11.3. The molecule has 162 valence electrons. The Kier molecular flexibility index (Phi) is 5.80. The molecule has 30 heavy (non-hydrogen) atoms. The van der Waals surface area contributed by atoms with Gasteiger partial charge in [-0.15, -0.1) is 0 Å². The molecule has 2 aliphatic heterocycles. The number of nitrogens with one attached hydrogen (secondary N) is 1. The number of allylic oxidation sites excluding steroid dienone is 2. The van der Waals surface area contributed by atoms with E-state index in [0.717, 1.165) is 56.9 Å². The molecule has 2 fully saturated rings. The summed E-state index contributed by atoms with van der Waals surface area (Å²) in [5.74, 6) is -0.00332. The third-order valence-corrected chi connectivity index (χ3v) is 6.94. The van der Waals surface area contributed by atoms with Crippen LogP contribution in [0.1, 0.15) is 71.6 Å². The number of carbonyl (C=O) groups is 3. The van der Waals surface area contributed by atoms with E-state index in [4.69, 9.17) is 0 Å². The molecule has 1 unspecified atom stereocenters. The summed E-state index contributed by atoms with van der Waals surface area (Å²) in [4.78, 5) is 47.0. The fourth-order valence-corrected chi connectivity index (χ4v) is 5.26. The van der Waals surface area contributed by atoms with Gasteiger partial charge >= 0.3 is 0 Å². The predicted molar refractivity (Wildman–Crippen MR) is 115 cm³/mol. The van der Waals surface area contributed by atoms with Crippen LogP contribution in [0.25, 0.3) is 0 Å². The number of aliphatic imine (C=N–C) groups is 1. The molecular weight excluding hydrogens is 380 g/mol. The van der Waals surface area contributed by atoms with Gasteiger partial charge in [0.2, 0.25) is 11.8 Å². The first-order valence-corrected chi connectivity index (χ1v) is 11.3. The Morgan fingerprint density at radius 3 is 2.57 bits per heavy atom. The van der Waals surface area contributed by atoms with E-state index in [-0.39, 0.29) is 42.8 Å². The highest BCUT2D eigenvalue weighted by Gasteiger charge is 2.49. The van der Waals surface area contributed by atoms with Crippen LogP contribution in [0.3, 0.4) is 0 Å². The van der Waals surface area contributed by atoms with Gasteiger partial charge in [0.05, 0.1) is 13.0 Å². The third-order valence-electron chi connectivity index (χ3n) is 6.94. The van der Waals surface area contributed by atoms with E-state index in [1.54, 1.807) is 4.90 Å². The maximum atomic E-state index is 13.9. The molecule has 2 heterocycles. The summed E-state index contributed by atoms with van der Waals surface area (Å²) >= 11 is 0. The smallest absolute Gasteiger partial charge is 0.250 e. The number of hydrogen-bond acceptors (Lipinski definition) is 4. The van der Waals surface area contributed by atoms with Gasteiger partial charge in [-0.05, 0) is 51.2 Å². The van der Waals surface area contributed by atoms with E-state index in [1.807, 2.05) is 37.1 Å². The second-order valence-electron chi connectivity index (χ2n) is 9.26. The highest BCUT2D eigenvalue weighted by Crippen LogP contribution is 2.34. The second kappa shape index (κ2) is 8.36. The molecule has 0 saturated heterocycles. The fourth-order valence-electron chi connectivity index (χ4n) is 5.26. The molecular formula is C23H32N4O3. The van der Waals surface area contributed by atoms with Gasteiger partial charge in [0, 0.05) is 18.3 Å². The van der Waals surface area contributed by atoms with Crippen LogP contribution in [0.5, 0.6) is 0 Å². The van der Waals surface area contributed by atoms with Crippen molar-refractivity contribution in [1.29, 1.82) is 0 Å². The van der Waals surface area contributed by atoms with Crippen molar-refractivity contribution in [3.63, 3.8) is 0 Å². The van der Waals surface area contributed by atoms with E-state index in [9.17, 15) is 14.4 Å². The fraction of sp³-hybridized carbons (Fsp3) is 0.652. The number of nitrogens with zero attached hydrogens (tertiary/aromatic N) is 3. The maximum Gasteiger partial charge on any atom is 0.250 e. The van der Waals surface area contributed by atoms with Gasteiger partial charge in [-0.3, -0.25) is 14.4 Å². The third kappa shape index (κ3) is 3.94. The van der Waals surface area contributed by atoms with E-state index < -0.39 is 5.54 Å². The van der Waals surface area contributed by atoms with Gasteiger partial charge in [0.25, 0.3) is 5.91 Å². The summed E-state index contributed by atoms with van der Waals surface area (Å²) in [6.07, 6.45) is 13.9. The van der Waals surface area contributed by atoms with Gasteiger partial charge in [0.15, 0.2) is 0 Å². The molecule has 0 radical (unpaired) electrons. The summed E-state index contributed by atoms with van der Waals surface area (Å²) in [5.41, 5.74) is -0.216. The minimum atomic E-state index is -1.07. The Balaban J connectivity index is 1.58. The lowest BCUT2D eigenvalue weighted by molar-refractivity contribution is -0.148. The molecule has 3 amide bonds. The molecule has 1 N–H and O–H groups in total. The topological polar surface area (TPSA) is 82.1 Å². The van der Waals surface area contributed by atoms with Crippen molar-refractivity contribution in [2.75, 3.05) is 6.54 Å². The Labute approximate surface area is 178 Å². The predicted octanol–water partition coefficient (Wildman–Crippen LogP) is 2.68. The maximum absolute atomic E-state index is 13.9. The zero-order chi connectivity index (χ0) is 21.3. The first-order chi connectivity index (χ1) is 14.4. The highest BCUT2D eigenvalue weighted by atomic mass is 16.2. The molecule has 0 aromatic carbocycles. The number of hydrogen-bond donors (Lipinski definition) is 1. The molecule has 2 saturated carbocycles. The van der Waals surface area contributed by atoms with Crippen molar-refractivity contribution in [2.24, 2.45) is 4.99 Å². The summed E-state index contributed by atoms with van der Waals surface area (Å²) in [6.45, 7) is 3.76. The van der Waals surface area contributed by atoms with Gasteiger partial charge in [0.1, 0.15) is 11.4 Å². The van der Waals surface area contributed by atoms with Crippen molar-refractivity contribution in [1.82, 2.24) is 15.1 Å². The molecule has 0 aromatic heterocycles. The molecule has 0 bridgehead atoms. The lowest BCUT2D eigenvalue weighted by Gasteiger charge is -2.46. The average Bonchev–Trinajstić information content (AvgIpc) is 3.40. The summed E-state index contributed by atoms with van der Waals surface area (Å²) in [7, 11) is 0. The Morgan fingerprint density at radius 1 is 1.20 bits per heavy atom. The van der Waals surface area contributed by atoms with Crippen LogP contribution in [0.2, 0.25) is 0 Å². The standard InChI is InChI=1S/C23H32N4O3/c1-16-8-7-13-27-21(16)25-19(28)14-23(27,2)22(30)26(18-11-5-6-12-18)15-20(29)24-17-9-3-4-10-17/h7-8,13,17-18H,3-6,9-12,14-15H2,1-2H3,(H,24,29). The van der Waals surface area contributed by atoms with Crippen LogP contribution in [-0.4, -0.2) is 57.5 Å². The second-order valence-corrected chi connectivity index (χ2v) is 9.26. The highest BCUT2D eigenvalue weighted by molar-refractivity contribution is 6.12. The number of fused-ring (bicyclic) bond motifs is 1. The van der Waals surface area contributed by atoms with Gasteiger partial charge < -0.3 is 15.1 Å². The molecule has 7 nitrogen and oxygen atoms in total. The van der Waals surface area contributed by atoms with Crippen molar-refractivity contribution >= 4 is 23.6 Å². The zero-order valence-corrected chi connectivity index (χ0v) is 18.0. The van der Waals surface area contributed by atoms with Gasteiger partial charge in [-0.25, -0.2) is 0 Å². The largest absolute Gasteiger partial charge is 0.352 e. The minimum absolute atomic E-state index is 0.0143. The van der Waals surface area contributed by atoms with Crippen LogP contribution in [0.4, 0.5) is 0 Å². The van der Waals surface area contributed by atoms with Crippen molar-refractivity contribution < 1.29 is 14.4 Å². The molecule has 1 atom stereocenters. The van der Waals surface area contributed by atoms with Gasteiger partial charge in [-0.2, -0.15) is 4.99 Å². The molecule has 7 heteroatoms. The van der Waals surface area contributed by atoms with E-state index in [0.29, 0.717) is 5.84 Å². The summed E-state index contributed by atoms with van der Waals surface area (Å²) < 4.78 is 0. The van der Waals surface area contributed by atoms with Crippen molar-refractivity contribution in [2.45, 2.75) is 89.3 Å². The van der Waals surface area contributed by atoms with Gasteiger partial charge in [-0.1, -0.05) is 31.8 Å². The quantitative estimate of drug-likeness (QED) is 0.753. The summed E-state index contributed by atoms with van der Waals surface area (Å²) in [6, 6.07) is 0.271. The van der Waals surface area contributed by atoms with Crippen LogP contribution < -0.4 is 5.32 Å². The van der Waals surface area contributed by atoms with Crippen molar-refractivity contribution in [3.05, 3.63) is 23.9 Å². The van der Waals surface area contributed by atoms with E-state index in [1.165, 1.54) is 0 Å². The Morgan fingerprint density at radius 2 is 1.87 bits per heavy atom. The first kappa shape index (κ1) is 20.8.